The summed E-state index contributed by atoms with van der Waals surface area (Å²) in [5.74, 6) is 1.15. The van der Waals surface area contributed by atoms with Crippen LogP contribution < -0.4 is 16.4 Å². The van der Waals surface area contributed by atoms with E-state index in [1.54, 1.807) is 0 Å². The van der Waals surface area contributed by atoms with Crippen molar-refractivity contribution >= 4 is 0 Å². The molecule has 2 aliphatic heterocycles. The van der Waals surface area contributed by atoms with Crippen LogP contribution in [0.15, 0.2) is 11.9 Å². The fourth-order valence-corrected chi connectivity index (χ4v) is 1.37. The molecule has 1 saturated heterocycles. The van der Waals surface area contributed by atoms with Gasteiger partial charge in [0.05, 0.1) is 13.2 Å². The molecule has 0 atom stereocenters. The minimum absolute atomic E-state index is 0.826. The van der Waals surface area contributed by atoms with Crippen LogP contribution in [0.4, 0.5) is 0 Å². The first-order valence-electron chi connectivity index (χ1n) is 4.23. The molecule has 2 aliphatic rings. The highest BCUT2D eigenvalue weighted by molar-refractivity contribution is 5.01. The largest absolute Gasteiger partial charge is 0.378 e. The Morgan fingerprint density at radius 2 is 2.17 bits per heavy atom. The van der Waals surface area contributed by atoms with Gasteiger partial charge in [0.15, 0.2) is 0 Å². The Bertz CT molecular complexity index is 176. The molecule has 2 rings (SSSR count). The number of hydrazine groups is 2. The molecule has 5 heteroatoms. The van der Waals surface area contributed by atoms with Crippen LogP contribution in [0.1, 0.15) is 0 Å². The molecule has 0 aromatic heterocycles. The van der Waals surface area contributed by atoms with Crippen molar-refractivity contribution < 1.29 is 4.74 Å². The number of hydrogen-bond acceptors (Lipinski definition) is 5. The maximum atomic E-state index is 5.26. The number of nitrogens with zero attached hydrogens (tertiary/aromatic N) is 1. The lowest BCUT2D eigenvalue weighted by molar-refractivity contribution is 0.0476. The molecular formula is C7H14N4O. The van der Waals surface area contributed by atoms with Crippen LogP contribution >= 0.6 is 0 Å². The van der Waals surface area contributed by atoms with Gasteiger partial charge in [-0.15, -0.1) is 0 Å². The summed E-state index contributed by atoms with van der Waals surface area (Å²) in [6, 6.07) is 0. The van der Waals surface area contributed by atoms with E-state index in [1.807, 2.05) is 0 Å². The lowest BCUT2D eigenvalue weighted by Crippen LogP contribution is -2.52. The molecule has 0 bridgehead atoms. The number of morpholine rings is 1. The van der Waals surface area contributed by atoms with Crippen molar-refractivity contribution in [3.05, 3.63) is 11.9 Å². The average molecular weight is 170 g/mol. The normalized spacial score (nSPS) is 24.7. The molecule has 0 radical (unpaired) electrons. The fourth-order valence-electron chi connectivity index (χ4n) is 1.37. The molecule has 0 spiro atoms. The molecule has 12 heavy (non-hydrogen) atoms. The van der Waals surface area contributed by atoms with Crippen LogP contribution in [0.3, 0.4) is 0 Å². The minimum atomic E-state index is 0.826. The van der Waals surface area contributed by atoms with E-state index in [-0.39, 0.29) is 0 Å². The first kappa shape index (κ1) is 7.85. The molecule has 0 aliphatic carbocycles. The van der Waals surface area contributed by atoms with E-state index in [4.69, 9.17) is 4.74 Å². The maximum absolute atomic E-state index is 5.26. The van der Waals surface area contributed by atoms with E-state index < -0.39 is 0 Å². The van der Waals surface area contributed by atoms with E-state index in [9.17, 15) is 0 Å². The van der Waals surface area contributed by atoms with Gasteiger partial charge in [0.2, 0.25) is 0 Å². The summed E-state index contributed by atoms with van der Waals surface area (Å²) < 4.78 is 5.26. The Morgan fingerprint density at radius 1 is 1.33 bits per heavy atom. The standard InChI is InChI=1S/C7H14N4O/c1-2-8-10-9-7(1)11-3-5-12-6-4-11/h1,8-10H,2-6H2. The Hall–Kier alpha value is -0.780. The summed E-state index contributed by atoms with van der Waals surface area (Å²) in [6.45, 7) is 4.46. The van der Waals surface area contributed by atoms with E-state index in [2.05, 4.69) is 27.4 Å². The second kappa shape index (κ2) is 3.75. The fraction of sp³-hybridized carbons (Fsp3) is 0.714. The van der Waals surface area contributed by atoms with Crippen molar-refractivity contribution in [2.24, 2.45) is 0 Å². The first-order valence-corrected chi connectivity index (χ1v) is 4.23. The SMILES string of the molecule is C1=C(N2CCOCC2)NNNC1. The summed E-state index contributed by atoms with van der Waals surface area (Å²) in [5, 5.41) is 0. The molecule has 2 heterocycles. The highest BCUT2D eigenvalue weighted by Gasteiger charge is 2.14. The summed E-state index contributed by atoms with van der Waals surface area (Å²) in [6.07, 6.45) is 2.13. The zero-order valence-electron chi connectivity index (χ0n) is 6.97. The van der Waals surface area contributed by atoms with Crippen molar-refractivity contribution in [2.45, 2.75) is 0 Å². The van der Waals surface area contributed by atoms with E-state index in [1.165, 1.54) is 0 Å². The zero-order valence-corrected chi connectivity index (χ0v) is 6.97. The molecule has 0 saturated carbocycles. The van der Waals surface area contributed by atoms with Gasteiger partial charge in [-0.2, -0.15) is 5.53 Å². The number of hydrogen-bond donors (Lipinski definition) is 3. The lowest BCUT2D eigenvalue weighted by atomic mass is 10.4. The van der Waals surface area contributed by atoms with Gasteiger partial charge < -0.3 is 9.64 Å². The second-order valence-corrected chi connectivity index (χ2v) is 2.82. The first-order chi connectivity index (χ1) is 5.97. The topological polar surface area (TPSA) is 48.6 Å². The maximum Gasteiger partial charge on any atom is 0.114 e. The molecule has 3 N–H and O–H groups in total. The van der Waals surface area contributed by atoms with Gasteiger partial charge >= 0.3 is 0 Å². The van der Waals surface area contributed by atoms with Gasteiger partial charge in [-0.05, 0) is 6.08 Å². The summed E-state index contributed by atoms with van der Waals surface area (Å²) >= 11 is 0. The van der Waals surface area contributed by atoms with E-state index in [0.717, 1.165) is 38.7 Å². The highest BCUT2D eigenvalue weighted by atomic mass is 16.5. The molecule has 0 amide bonds. The van der Waals surface area contributed by atoms with Crippen LogP contribution in [-0.4, -0.2) is 37.7 Å². The van der Waals surface area contributed by atoms with Crippen molar-refractivity contribution in [2.75, 3.05) is 32.8 Å². The third kappa shape index (κ3) is 1.69. The summed E-state index contributed by atoms with van der Waals surface area (Å²) in [5.41, 5.74) is 8.90. The van der Waals surface area contributed by atoms with Gasteiger partial charge in [0, 0.05) is 19.6 Å². The molecule has 0 unspecified atom stereocenters. The van der Waals surface area contributed by atoms with Crippen LogP contribution in [0.25, 0.3) is 0 Å². The van der Waals surface area contributed by atoms with Gasteiger partial charge in [-0.3, -0.25) is 5.43 Å². The van der Waals surface area contributed by atoms with Crippen molar-refractivity contribution in [3.63, 3.8) is 0 Å². The molecular weight excluding hydrogens is 156 g/mol. The smallest absolute Gasteiger partial charge is 0.114 e. The minimum Gasteiger partial charge on any atom is -0.378 e. The molecule has 1 fully saturated rings. The molecule has 68 valence electrons. The summed E-state index contributed by atoms with van der Waals surface area (Å²) in [4.78, 5) is 2.28. The average Bonchev–Trinajstić information content (AvgIpc) is 2.21. The highest BCUT2D eigenvalue weighted by Crippen LogP contribution is 2.04. The van der Waals surface area contributed by atoms with Crippen molar-refractivity contribution in [3.8, 4) is 0 Å². The van der Waals surface area contributed by atoms with Crippen molar-refractivity contribution in [1.29, 1.82) is 0 Å². The van der Waals surface area contributed by atoms with Gasteiger partial charge in [-0.25, -0.2) is 5.43 Å². The predicted molar refractivity (Wildman–Crippen MR) is 44.7 cm³/mol. The quantitative estimate of drug-likeness (QED) is 0.460. The van der Waals surface area contributed by atoms with E-state index >= 15 is 0 Å². The van der Waals surface area contributed by atoms with Crippen molar-refractivity contribution in [1.82, 2.24) is 21.3 Å². The predicted octanol–water partition coefficient (Wildman–Crippen LogP) is -1.23. The van der Waals surface area contributed by atoms with E-state index in [0.29, 0.717) is 0 Å². The van der Waals surface area contributed by atoms with Gasteiger partial charge in [0.1, 0.15) is 5.82 Å². The second-order valence-electron chi connectivity index (χ2n) is 2.82. The van der Waals surface area contributed by atoms with Gasteiger partial charge in [-0.1, -0.05) is 0 Å². The Balaban J connectivity index is 1.92. The number of rotatable bonds is 1. The molecule has 0 aromatic carbocycles. The van der Waals surface area contributed by atoms with Crippen LogP contribution in [-0.2, 0) is 4.74 Å². The number of ether oxygens (including phenoxy) is 1. The number of nitrogens with one attached hydrogen (secondary N) is 3. The third-order valence-corrected chi connectivity index (χ3v) is 2.03. The molecule has 5 nitrogen and oxygen atoms in total. The third-order valence-electron chi connectivity index (χ3n) is 2.03. The Morgan fingerprint density at radius 3 is 2.83 bits per heavy atom. The Labute approximate surface area is 71.7 Å². The zero-order chi connectivity index (χ0) is 8.23. The van der Waals surface area contributed by atoms with Gasteiger partial charge in [0.25, 0.3) is 0 Å². The van der Waals surface area contributed by atoms with Crippen LogP contribution in [0, 0.1) is 0 Å². The Kier molecular flexibility index (Phi) is 2.45. The van der Waals surface area contributed by atoms with Crippen LogP contribution in [0.5, 0.6) is 0 Å². The lowest BCUT2D eigenvalue weighted by Gasteiger charge is -2.33. The monoisotopic (exact) mass is 170 g/mol. The van der Waals surface area contributed by atoms with Crippen LogP contribution in [0.2, 0.25) is 0 Å². The summed E-state index contributed by atoms with van der Waals surface area (Å²) in [7, 11) is 0. The molecule has 0 aromatic rings.